The molecule has 0 unspecified atom stereocenters. The van der Waals surface area contributed by atoms with E-state index in [1.165, 1.54) is 4.68 Å². The van der Waals surface area contributed by atoms with Gasteiger partial charge in [-0.05, 0) is 11.6 Å². The number of hydrogen-bond donors (Lipinski definition) is 2. The van der Waals surface area contributed by atoms with Crippen LogP contribution < -0.4 is 5.73 Å². The Morgan fingerprint density at radius 3 is 2.71 bits per heavy atom. The molecule has 17 heavy (non-hydrogen) atoms. The molecule has 0 fully saturated rings. The highest BCUT2D eigenvalue weighted by Crippen LogP contribution is 2.31. The maximum atomic E-state index is 9.78. The van der Waals surface area contributed by atoms with E-state index >= 15 is 0 Å². The van der Waals surface area contributed by atoms with Gasteiger partial charge in [0.25, 0.3) is 0 Å². The normalized spacial score (nSPS) is 10.8. The predicted molar refractivity (Wildman–Crippen MR) is 68.6 cm³/mol. The van der Waals surface area contributed by atoms with E-state index in [2.05, 4.69) is 5.10 Å². The lowest BCUT2D eigenvalue weighted by Crippen LogP contribution is -1.94. The quantitative estimate of drug-likeness (QED) is 0.883. The molecule has 2 rings (SSSR count). The molecule has 0 aliphatic carbocycles. The van der Waals surface area contributed by atoms with Crippen molar-refractivity contribution in [1.82, 2.24) is 9.78 Å². The van der Waals surface area contributed by atoms with E-state index in [-0.39, 0.29) is 5.88 Å². The van der Waals surface area contributed by atoms with Gasteiger partial charge >= 0.3 is 0 Å². The number of aromatic hydroxyl groups is 1. The van der Waals surface area contributed by atoms with Crippen LogP contribution in [0, 0.1) is 0 Å². The standard InChI is InChI=1S/C11H11Cl2N3O/c1-16-11(17)7(10(14)15-16)5-6-3-2-4-8(12)9(6)13/h2-4,17H,5H2,1H3,(H2,14,15). The van der Waals surface area contributed by atoms with Gasteiger partial charge in [0, 0.05) is 13.5 Å². The van der Waals surface area contributed by atoms with E-state index in [0.717, 1.165) is 5.56 Å². The van der Waals surface area contributed by atoms with Gasteiger partial charge in [-0.15, -0.1) is 0 Å². The van der Waals surface area contributed by atoms with Crippen molar-refractivity contribution in [2.75, 3.05) is 5.73 Å². The van der Waals surface area contributed by atoms with Crippen LogP contribution in [0.1, 0.15) is 11.1 Å². The number of nitrogen functional groups attached to an aromatic ring is 1. The van der Waals surface area contributed by atoms with E-state index in [1.54, 1.807) is 19.2 Å². The van der Waals surface area contributed by atoms with Gasteiger partial charge < -0.3 is 10.8 Å². The lowest BCUT2D eigenvalue weighted by atomic mass is 10.1. The van der Waals surface area contributed by atoms with Crippen LogP contribution in [0.15, 0.2) is 18.2 Å². The zero-order valence-electron chi connectivity index (χ0n) is 9.11. The molecule has 0 aliphatic heterocycles. The molecule has 1 heterocycles. The maximum Gasteiger partial charge on any atom is 0.214 e. The Morgan fingerprint density at radius 1 is 1.41 bits per heavy atom. The molecule has 0 aliphatic rings. The predicted octanol–water partition coefficient (Wildman–Crippen LogP) is 2.61. The van der Waals surface area contributed by atoms with Crippen molar-refractivity contribution in [2.24, 2.45) is 7.05 Å². The zero-order chi connectivity index (χ0) is 12.6. The van der Waals surface area contributed by atoms with Crippen LogP contribution in [0.4, 0.5) is 5.82 Å². The Kier molecular flexibility index (Phi) is 3.17. The van der Waals surface area contributed by atoms with Crippen LogP contribution in [-0.4, -0.2) is 14.9 Å². The smallest absolute Gasteiger partial charge is 0.214 e. The molecule has 0 atom stereocenters. The summed E-state index contributed by atoms with van der Waals surface area (Å²) in [4.78, 5) is 0. The summed E-state index contributed by atoms with van der Waals surface area (Å²) in [6.07, 6.45) is 0.394. The number of hydrogen-bond acceptors (Lipinski definition) is 3. The molecule has 90 valence electrons. The third-order valence-corrected chi connectivity index (χ3v) is 3.40. The average molecular weight is 272 g/mol. The highest BCUT2D eigenvalue weighted by molar-refractivity contribution is 6.42. The van der Waals surface area contributed by atoms with Crippen molar-refractivity contribution in [3.8, 4) is 5.88 Å². The summed E-state index contributed by atoms with van der Waals surface area (Å²) >= 11 is 12.0. The van der Waals surface area contributed by atoms with E-state index in [9.17, 15) is 5.11 Å². The van der Waals surface area contributed by atoms with Crippen molar-refractivity contribution >= 4 is 29.0 Å². The summed E-state index contributed by atoms with van der Waals surface area (Å²) in [5.74, 6) is 0.333. The number of nitrogens with two attached hydrogens (primary N) is 1. The summed E-state index contributed by atoms with van der Waals surface area (Å²) in [5.41, 5.74) is 7.06. The van der Waals surface area contributed by atoms with Crippen LogP contribution in [0.25, 0.3) is 0 Å². The number of anilines is 1. The van der Waals surface area contributed by atoms with Gasteiger partial charge in [-0.25, -0.2) is 4.68 Å². The van der Waals surface area contributed by atoms with Crippen molar-refractivity contribution in [2.45, 2.75) is 6.42 Å². The number of halogens is 2. The van der Waals surface area contributed by atoms with Crippen LogP contribution in [0.5, 0.6) is 5.88 Å². The van der Waals surface area contributed by atoms with Crippen LogP contribution in [-0.2, 0) is 13.5 Å². The molecule has 2 aromatic rings. The van der Waals surface area contributed by atoms with E-state index in [0.29, 0.717) is 27.8 Å². The topological polar surface area (TPSA) is 64.1 Å². The zero-order valence-corrected chi connectivity index (χ0v) is 10.6. The molecule has 3 N–H and O–H groups in total. The minimum Gasteiger partial charge on any atom is -0.493 e. The van der Waals surface area contributed by atoms with Gasteiger partial charge in [0.05, 0.1) is 15.6 Å². The molecule has 0 bridgehead atoms. The largest absolute Gasteiger partial charge is 0.493 e. The summed E-state index contributed by atoms with van der Waals surface area (Å²) < 4.78 is 1.32. The van der Waals surface area contributed by atoms with Crippen LogP contribution in [0.2, 0.25) is 10.0 Å². The van der Waals surface area contributed by atoms with Gasteiger partial charge in [-0.2, -0.15) is 5.10 Å². The monoisotopic (exact) mass is 271 g/mol. The van der Waals surface area contributed by atoms with Crippen molar-refractivity contribution in [3.05, 3.63) is 39.4 Å². The van der Waals surface area contributed by atoms with Gasteiger partial charge in [-0.3, -0.25) is 0 Å². The second-order valence-electron chi connectivity index (χ2n) is 3.70. The van der Waals surface area contributed by atoms with Crippen molar-refractivity contribution in [3.63, 3.8) is 0 Å². The molecule has 0 amide bonds. The fraction of sp³-hybridized carbons (Fsp3) is 0.182. The first-order chi connectivity index (χ1) is 8.00. The molecule has 1 aromatic carbocycles. The second-order valence-corrected chi connectivity index (χ2v) is 4.49. The van der Waals surface area contributed by atoms with E-state index in [1.807, 2.05) is 6.07 Å². The first-order valence-electron chi connectivity index (χ1n) is 4.94. The number of rotatable bonds is 2. The molecule has 0 saturated heterocycles. The average Bonchev–Trinajstić information content (AvgIpc) is 2.51. The van der Waals surface area contributed by atoms with Gasteiger partial charge in [0.15, 0.2) is 5.82 Å². The first-order valence-corrected chi connectivity index (χ1v) is 5.69. The number of nitrogens with zero attached hydrogens (tertiary/aromatic N) is 2. The minimum absolute atomic E-state index is 0.0403. The Bertz CT molecular complexity index is 566. The first kappa shape index (κ1) is 12.1. The highest BCUT2D eigenvalue weighted by atomic mass is 35.5. The van der Waals surface area contributed by atoms with E-state index in [4.69, 9.17) is 28.9 Å². The Balaban J connectivity index is 2.41. The van der Waals surface area contributed by atoms with Gasteiger partial charge in [-0.1, -0.05) is 35.3 Å². The molecular weight excluding hydrogens is 261 g/mol. The lowest BCUT2D eigenvalue weighted by Gasteiger charge is -2.05. The fourth-order valence-electron chi connectivity index (χ4n) is 1.62. The number of aromatic nitrogens is 2. The van der Waals surface area contributed by atoms with Crippen LogP contribution in [0.3, 0.4) is 0 Å². The SMILES string of the molecule is Cn1nc(N)c(Cc2cccc(Cl)c2Cl)c1O. The Labute approximate surface area is 109 Å². The molecule has 6 heteroatoms. The molecule has 0 spiro atoms. The molecule has 0 saturated carbocycles. The van der Waals surface area contributed by atoms with E-state index < -0.39 is 0 Å². The second kappa shape index (κ2) is 4.47. The van der Waals surface area contributed by atoms with Crippen LogP contribution >= 0.6 is 23.2 Å². The Hall–Kier alpha value is -1.39. The summed E-state index contributed by atoms with van der Waals surface area (Å²) in [5, 5.41) is 14.7. The third kappa shape index (κ3) is 2.18. The summed E-state index contributed by atoms with van der Waals surface area (Å²) in [6.45, 7) is 0. The summed E-state index contributed by atoms with van der Waals surface area (Å²) in [6, 6.07) is 5.34. The lowest BCUT2D eigenvalue weighted by molar-refractivity contribution is 0.415. The molecule has 0 radical (unpaired) electrons. The molecule has 1 aromatic heterocycles. The highest BCUT2D eigenvalue weighted by Gasteiger charge is 2.15. The van der Waals surface area contributed by atoms with Gasteiger partial charge in [0.1, 0.15) is 0 Å². The number of aryl methyl sites for hydroxylation is 1. The Morgan fingerprint density at radius 2 is 2.12 bits per heavy atom. The molecule has 4 nitrogen and oxygen atoms in total. The van der Waals surface area contributed by atoms with Crippen molar-refractivity contribution in [1.29, 1.82) is 0 Å². The number of benzene rings is 1. The fourth-order valence-corrected chi connectivity index (χ4v) is 2.01. The van der Waals surface area contributed by atoms with Crippen molar-refractivity contribution < 1.29 is 5.11 Å². The molecular formula is C11H11Cl2N3O. The third-order valence-electron chi connectivity index (χ3n) is 2.54. The van der Waals surface area contributed by atoms with Gasteiger partial charge in [0.2, 0.25) is 5.88 Å². The summed E-state index contributed by atoms with van der Waals surface area (Å²) in [7, 11) is 1.62. The minimum atomic E-state index is 0.0403. The maximum absolute atomic E-state index is 9.78.